The van der Waals surface area contributed by atoms with Crippen molar-refractivity contribution in [3.05, 3.63) is 20.3 Å². The SMILES string of the molecule is Cc1sc(CNCC(=O)NC(C)C)cc1Br. The second-order valence-corrected chi connectivity index (χ2v) is 6.14. The highest BCUT2D eigenvalue weighted by Gasteiger charge is 2.05. The molecule has 0 spiro atoms. The molecule has 1 rings (SSSR count). The van der Waals surface area contributed by atoms with Gasteiger partial charge in [0.15, 0.2) is 0 Å². The lowest BCUT2D eigenvalue weighted by atomic mass is 10.4. The summed E-state index contributed by atoms with van der Waals surface area (Å²) in [7, 11) is 0. The fourth-order valence-electron chi connectivity index (χ4n) is 1.28. The Hall–Kier alpha value is -0.390. The van der Waals surface area contributed by atoms with E-state index >= 15 is 0 Å². The minimum Gasteiger partial charge on any atom is -0.353 e. The number of amides is 1. The molecule has 0 bridgehead atoms. The quantitative estimate of drug-likeness (QED) is 0.877. The van der Waals surface area contributed by atoms with Crippen LogP contribution in [0, 0.1) is 6.92 Å². The molecular formula is C11H17BrN2OS. The molecular weight excluding hydrogens is 288 g/mol. The Morgan fingerprint density at radius 3 is 2.75 bits per heavy atom. The van der Waals surface area contributed by atoms with Gasteiger partial charge in [-0.05, 0) is 42.8 Å². The van der Waals surface area contributed by atoms with E-state index in [2.05, 4.69) is 39.6 Å². The van der Waals surface area contributed by atoms with Crippen molar-refractivity contribution >= 4 is 33.2 Å². The molecule has 5 heteroatoms. The summed E-state index contributed by atoms with van der Waals surface area (Å²) in [5, 5.41) is 5.96. The van der Waals surface area contributed by atoms with Crippen LogP contribution >= 0.6 is 27.3 Å². The molecule has 3 nitrogen and oxygen atoms in total. The Morgan fingerprint density at radius 1 is 1.56 bits per heavy atom. The van der Waals surface area contributed by atoms with Gasteiger partial charge in [0.2, 0.25) is 5.91 Å². The van der Waals surface area contributed by atoms with E-state index in [9.17, 15) is 4.79 Å². The van der Waals surface area contributed by atoms with Gasteiger partial charge in [-0.1, -0.05) is 0 Å². The van der Waals surface area contributed by atoms with Gasteiger partial charge < -0.3 is 10.6 Å². The first-order valence-electron chi connectivity index (χ1n) is 5.24. The van der Waals surface area contributed by atoms with E-state index in [0.717, 1.165) is 11.0 Å². The van der Waals surface area contributed by atoms with Crippen LogP contribution < -0.4 is 10.6 Å². The largest absolute Gasteiger partial charge is 0.353 e. The lowest BCUT2D eigenvalue weighted by molar-refractivity contribution is -0.120. The number of halogens is 1. The van der Waals surface area contributed by atoms with Crippen LogP contribution in [0.1, 0.15) is 23.6 Å². The summed E-state index contributed by atoms with van der Waals surface area (Å²) in [5.74, 6) is 0.0438. The van der Waals surface area contributed by atoms with Gasteiger partial charge in [0.1, 0.15) is 0 Å². The van der Waals surface area contributed by atoms with Crippen molar-refractivity contribution in [2.24, 2.45) is 0 Å². The van der Waals surface area contributed by atoms with E-state index in [4.69, 9.17) is 0 Å². The Labute approximate surface area is 109 Å². The third-order valence-electron chi connectivity index (χ3n) is 1.94. The van der Waals surface area contributed by atoms with E-state index in [-0.39, 0.29) is 11.9 Å². The molecule has 0 radical (unpaired) electrons. The van der Waals surface area contributed by atoms with E-state index in [1.807, 2.05) is 13.8 Å². The summed E-state index contributed by atoms with van der Waals surface area (Å²) >= 11 is 5.21. The van der Waals surface area contributed by atoms with E-state index in [0.29, 0.717) is 6.54 Å². The van der Waals surface area contributed by atoms with Crippen molar-refractivity contribution in [2.45, 2.75) is 33.4 Å². The van der Waals surface area contributed by atoms with E-state index in [1.165, 1.54) is 9.75 Å². The fraction of sp³-hybridized carbons (Fsp3) is 0.545. The number of thiophene rings is 1. The summed E-state index contributed by atoms with van der Waals surface area (Å²) in [4.78, 5) is 13.8. The van der Waals surface area contributed by atoms with Gasteiger partial charge in [-0.25, -0.2) is 0 Å². The van der Waals surface area contributed by atoms with Crippen LogP contribution in [0.3, 0.4) is 0 Å². The highest BCUT2D eigenvalue weighted by molar-refractivity contribution is 9.10. The second-order valence-electron chi connectivity index (χ2n) is 3.94. The number of nitrogens with one attached hydrogen (secondary N) is 2. The first kappa shape index (κ1) is 13.7. The summed E-state index contributed by atoms with van der Waals surface area (Å²) in [6.45, 7) is 7.09. The maximum atomic E-state index is 11.3. The van der Waals surface area contributed by atoms with Gasteiger partial charge in [-0.15, -0.1) is 11.3 Å². The molecule has 1 aromatic heterocycles. The van der Waals surface area contributed by atoms with Crippen LogP contribution in [0.2, 0.25) is 0 Å². The Kier molecular flexibility index (Phi) is 5.44. The van der Waals surface area contributed by atoms with Crippen LogP contribution in [-0.4, -0.2) is 18.5 Å². The molecule has 1 aromatic rings. The average molecular weight is 305 g/mol. The third-order valence-corrected chi connectivity index (χ3v) is 4.08. The Morgan fingerprint density at radius 2 is 2.25 bits per heavy atom. The van der Waals surface area contributed by atoms with Crippen LogP contribution in [0.5, 0.6) is 0 Å². The Bertz CT molecular complexity index is 343. The molecule has 0 fully saturated rings. The summed E-state index contributed by atoms with van der Waals surface area (Å²) in [6.07, 6.45) is 0. The second kappa shape index (κ2) is 6.37. The fourth-order valence-corrected chi connectivity index (χ4v) is 2.85. The molecule has 0 aliphatic rings. The zero-order valence-electron chi connectivity index (χ0n) is 9.76. The molecule has 1 heterocycles. The third kappa shape index (κ3) is 4.63. The minimum atomic E-state index is 0.0438. The van der Waals surface area contributed by atoms with Crippen molar-refractivity contribution in [3.8, 4) is 0 Å². The molecule has 90 valence electrons. The molecule has 16 heavy (non-hydrogen) atoms. The maximum Gasteiger partial charge on any atom is 0.234 e. The number of carbonyl (C=O) groups is 1. The molecule has 0 saturated heterocycles. The zero-order chi connectivity index (χ0) is 12.1. The molecule has 2 N–H and O–H groups in total. The molecule has 0 saturated carbocycles. The molecule has 1 amide bonds. The number of hydrogen-bond donors (Lipinski definition) is 2. The topological polar surface area (TPSA) is 41.1 Å². The van der Waals surface area contributed by atoms with Gasteiger partial charge >= 0.3 is 0 Å². The summed E-state index contributed by atoms with van der Waals surface area (Å²) < 4.78 is 1.14. The molecule has 0 aromatic carbocycles. The number of rotatable bonds is 5. The van der Waals surface area contributed by atoms with Gasteiger partial charge in [-0.2, -0.15) is 0 Å². The lowest BCUT2D eigenvalue weighted by Crippen LogP contribution is -2.37. The van der Waals surface area contributed by atoms with Gasteiger partial charge in [0, 0.05) is 26.8 Å². The first-order chi connectivity index (χ1) is 7.49. The predicted octanol–water partition coefficient (Wildman–Crippen LogP) is 2.43. The van der Waals surface area contributed by atoms with Gasteiger partial charge in [0.25, 0.3) is 0 Å². The van der Waals surface area contributed by atoms with Crippen molar-refractivity contribution in [1.82, 2.24) is 10.6 Å². The Balaban J connectivity index is 2.28. The highest BCUT2D eigenvalue weighted by Crippen LogP contribution is 2.25. The molecule has 0 atom stereocenters. The highest BCUT2D eigenvalue weighted by atomic mass is 79.9. The zero-order valence-corrected chi connectivity index (χ0v) is 12.2. The minimum absolute atomic E-state index is 0.0438. The van der Waals surface area contributed by atoms with Crippen molar-refractivity contribution in [3.63, 3.8) is 0 Å². The molecule has 0 aliphatic heterocycles. The number of carbonyl (C=O) groups excluding carboxylic acids is 1. The monoisotopic (exact) mass is 304 g/mol. The average Bonchev–Trinajstić information content (AvgIpc) is 2.44. The lowest BCUT2D eigenvalue weighted by Gasteiger charge is -2.08. The van der Waals surface area contributed by atoms with Gasteiger partial charge in [0.05, 0.1) is 6.54 Å². The van der Waals surface area contributed by atoms with Crippen molar-refractivity contribution < 1.29 is 4.79 Å². The van der Waals surface area contributed by atoms with Crippen molar-refractivity contribution in [2.75, 3.05) is 6.54 Å². The van der Waals surface area contributed by atoms with Crippen molar-refractivity contribution in [1.29, 1.82) is 0 Å². The normalized spacial score (nSPS) is 10.8. The smallest absolute Gasteiger partial charge is 0.234 e. The van der Waals surface area contributed by atoms with E-state index in [1.54, 1.807) is 11.3 Å². The predicted molar refractivity (Wildman–Crippen MR) is 71.7 cm³/mol. The van der Waals surface area contributed by atoms with Crippen LogP contribution in [0.25, 0.3) is 0 Å². The van der Waals surface area contributed by atoms with Crippen LogP contribution in [0.15, 0.2) is 10.5 Å². The van der Waals surface area contributed by atoms with Crippen LogP contribution in [0.4, 0.5) is 0 Å². The summed E-state index contributed by atoms with van der Waals surface area (Å²) in [6, 6.07) is 2.29. The standard InChI is InChI=1S/C11H17BrN2OS/c1-7(2)14-11(15)6-13-5-9-4-10(12)8(3)16-9/h4,7,13H,5-6H2,1-3H3,(H,14,15). The van der Waals surface area contributed by atoms with E-state index < -0.39 is 0 Å². The summed E-state index contributed by atoms with van der Waals surface area (Å²) in [5.41, 5.74) is 0. The number of aryl methyl sites for hydroxylation is 1. The van der Waals surface area contributed by atoms with Gasteiger partial charge in [-0.3, -0.25) is 4.79 Å². The van der Waals surface area contributed by atoms with Crippen LogP contribution in [-0.2, 0) is 11.3 Å². The first-order valence-corrected chi connectivity index (χ1v) is 6.85. The molecule has 0 aliphatic carbocycles. The number of hydrogen-bond acceptors (Lipinski definition) is 3. The maximum absolute atomic E-state index is 11.3. The molecule has 0 unspecified atom stereocenters.